The quantitative estimate of drug-likeness (QED) is 0.791. The van der Waals surface area contributed by atoms with Gasteiger partial charge in [0.15, 0.2) is 0 Å². The van der Waals surface area contributed by atoms with Crippen LogP contribution in [0.2, 0.25) is 0 Å². The van der Waals surface area contributed by atoms with Gasteiger partial charge in [0.2, 0.25) is 5.89 Å². The largest absolute Gasteiger partial charge is 0.444 e. The third-order valence-electron chi connectivity index (χ3n) is 3.93. The molecule has 0 aliphatic heterocycles. The summed E-state index contributed by atoms with van der Waals surface area (Å²) in [4.78, 5) is 4.35. The standard InChI is InChI=1S/C14H24N2O2/c1-14(2)6-4-5-11(14)12-9-16-13(18-12)10-15-7-8-17-3/h9,11,15H,4-8,10H2,1-3H3. The molecule has 4 heteroatoms. The summed E-state index contributed by atoms with van der Waals surface area (Å²) < 4.78 is 10.8. The van der Waals surface area contributed by atoms with Gasteiger partial charge in [0.1, 0.15) is 5.76 Å². The second-order valence-electron chi connectivity index (χ2n) is 5.76. The monoisotopic (exact) mass is 252 g/mol. The Morgan fingerprint density at radius 2 is 2.39 bits per heavy atom. The van der Waals surface area contributed by atoms with Gasteiger partial charge >= 0.3 is 0 Å². The molecule has 1 unspecified atom stereocenters. The fraction of sp³-hybridized carbons (Fsp3) is 0.786. The number of hydrogen-bond acceptors (Lipinski definition) is 4. The van der Waals surface area contributed by atoms with Gasteiger partial charge in [-0.05, 0) is 18.3 Å². The zero-order valence-electron chi connectivity index (χ0n) is 11.7. The molecule has 18 heavy (non-hydrogen) atoms. The van der Waals surface area contributed by atoms with Gasteiger partial charge in [-0.1, -0.05) is 20.3 Å². The summed E-state index contributed by atoms with van der Waals surface area (Å²) in [5.74, 6) is 2.36. The maximum atomic E-state index is 5.87. The maximum Gasteiger partial charge on any atom is 0.208 e. The van der Waals surface area contributed by atoms with E-state index in [1.807, 2.05) is 6.20 Å². The van der Waals surface area contributed by atoms with Crippen molar-refractivity contribution in [1.82, 2.24) is 10.3 Å². The van der Waals surface area contributed by atoms with Gasteiger partial charge in [-0.15, -0.1) is 0 Å². The second kappa shape index (κ2) is 5.85. The zero-order valence-corrected chi connectivity index (χ0v) is 11.7. The highest BCUT2D eigenvalue weighted by Crippen LogP contribution is 2.48. The number of methoxy groups -OCH3 is 1. The van der Waals surface area contributed by atoms with Gasteiger partial charge in [-0.2, -0.15) is 0 Å². The molecule has 0 aromatic carbocycles. The van der Waals surface area contributed by atoms with Crippen LogP contribution in [0.5, 0.6) is 0 Å². The van der Waals surface area contributed by atoms with Gasteiger partial charge in [0.25, 0.3) is 0 Å². The molecule has 1 heterocycles. The minimum Gasteiger partial charge on any atom is -0.444 e. The predicted molar refractivity (Wildman–Crippen MR) is 70.5 cm³/mol. The lowest BCUT2D eigenvalue weighted by Gasteiger charge is -2.24. The molecule has 0 bridgehead atoms. The molecular weight excluding hydrogens is 228 g/mol. The summed E-state index contributed by atoms with van der Waals surface area (Å²) in [6.07, 6.45) is 5.70. The third-order valence-corrected chi connectivity index (χ3v) is 3.93. The van der Waals surface area contributed by atoms with E-state index in [0.29, 0.717) is 24.5 Å². The molecule has 0 radical (unpaired) electrons. The number of oxazole rings is 1. The van der Waals surface area contributed by atoms with Crippen LogP contribution in [0.25, 0.3) is 0 Å². The molecule has 1 saturated carbocycles. The number of aromatic nitrogens is 1. The van der Waals surface area contributed by atoms with E-state index in [1.54, 1.807) is 7.11 Å². The first kappa shape index (κ1) is 13.6. The highest BCUT2D eigenvalue weighted by atomic mass is 16.5. The number of hydrogen-bond donors (Lipinski definition) is 1. The number of nitrogens with one attached hydrogen (secondary N) is 1. The van der Waals surface area contributed by atoms with Crippen LogP contribution in [-0.4, -0.2) is 25.2 Å². The van der Waals surface area contributed by atoms with E-state index in [2.05, 4.69) is 24.1 Å². The molecule has 1 N–H and O–H groups in total. The third kappa shape index (κ3) is 3.12. The lowest BCUT2D eigenvalue weighted by Crippen LogP contribution is -2.18. The first-order chi connectivity index (χ1) is 8.63. The molecule has 4 nitrogen and oxygen atoms in total. The molecule has 0 saturated heterocycles. The van der Waals surface area contributed by atoms with Crippen LogP contribution in [0.3, 0.4) is 0 Å². The fourth-order valence-corrected chi connectivity index (χ4v) is 2.79. The molecule has 1 aliphatic carbocycles. The van der Waals surface area contributed by atoms with Crippen molar-refractivity contribution >= 4 is 0 Å². The van der Waals surface area contributed by atoms with Gasteiger partial charge in [-0.25, -0.2) is 4.98 Å². The van der Waals surface area contributed by atoms with Crippen molar-refractivity contribution in [2.24, 2.45) is 5.41 Å². The molecule has 2 rings (SSSR count). The van der Waals surface area contributed by atoms with Gasteiger partial charge in [0, 0.05) is 19.6 Å². The average Bonchev–Trinajstić information content (AvgIpc) is 2.90. The van der Waals surface area contributed by atoms with Gasteiger partial charge in [0.05, 0.1) is 19.3 Å². The smallest absolute Gasteiger partial charge is 0.208 e. The maximum absolute atomic E-state index is 5.87. The Morgan fingerprint density at radius 3 is 3.06 bits per heavy atom. The van der Waals surface area contributed by atoms with Crippen LogP contribution in [0.1, 0.15) is 50.7 Å². The SMILES string of the molecule is COCCNCc1ncc(C2CCCC2(C)C)o1. The Morgan fingerprint density at radius 1 is 1.56 bits per heavy atom. The molecule has 1 aromatic rings. The Hall–Kier alpha value is -0.870. The first-order valence-corrected chi connectivity index (χ1v) is 6.78. The summed E-state index contributed by atoms with van der Waals surface area (Å²) in [6.45, 7) is 6.86. The minimum absolute atomic E-state index is 0.348. The van der Waals surface area contributed by atoms with Crippen LogP contribution in [-0.2, 0) is 11.3 Å². The van der Waals surface area contributed by atoms with Crippen molar-refractivity contribution in [3.05, 3.63) is 17.8 Å². The lowest BCUT2D eigenvalue weighted by molar-refractivity contribution is 0.198. The lowest BCUT2D eigenvalue weighted by atomic mass is 9.81. The molecule has 1 aromatic heterocycles. The molecule has 0 spiro atoms. The minimum atomic E-state index is 0.348. The summed E-state index contributed by atoms with van der Waals surface area (Å²) in [6, 6.07) is 0. The van der Waals surface area contributed by atoms with Crippen molar-refractivity contribution in [2.75, 3.05) is 20.3 Å². The highest BCUT2D eigenvalue weighted by molar-refractivity contribution is 5.09. The molecule has 1 fully saturated rings. The number of rotatable bonds is 6. The number of ether oxygens (including phenoxy) is 1. The number of nitrogens with zero attached hydrogens (tertiary/aromatic N) is 1. The van der Waals surface area contributed by atoms with Crippen molar-refractivity contribution in [1.29, 1.82) is 0 Å². The van der Waals surface area contributed by atoms with Crippen LogP contribution < -0.4 is 5.32 Å². The predicted octanol–water partition coefficient (Wildman–Crippen LogP) is 2.70. The van der Waals surface area contributed by atoms with Crippen molar-refractivity contribution in [2.45, 2.75) is 45.6 Å². The summed E-state index contributed by atoms with van der Waals surface area (Å²) in [5, 5.41) is 3.25. The van der Waals surface area contributed by atoms with Crippen molar-refractivity contribution < 1.29 is 9.15 Å². The van der Waals surface area contributed by atoms with E-state index in [1.165, 1.54) is 19.3 Å². The van der Waals surface area contributed by atoms with Crippen LogP contribution >= 0.6 is 0 Å². The van der Waals surface area contributed by atoms with E-state index >= 15 is 0 Å². The van der Waals surface area contributed by atoms with Crippen LogP contribution in [0, 0.1) is 5.41 Å². The van der Waals surface area contributed by atoms with Crippen molar-refractivity contribution in [3.8, 4) is 0 Å². The summed E-state index contributed by atoms with van der Waals surface area (Å²) in [5.41, 5.74) is 0.348. The van der Waals surface area contributed by atoms with Gasteiger partial charge in [-0.3, -0.25) is 0 Å². The Kier molecular flexibility index (Phi) is 4.40. The van der Waals surface area contributed by atoms with E-state index in [-0.39, 0.29) is 0 Å². The molecule has 102 valence electrons. The van der Waals surface area contributed by atoms with E-state index in [4.69, 9.17) is 9.15 Å². The molecule has 1 atom stereocenters. The second-order valence-corrected chi connectivity index (χ2v) is 5.76. The van der Waals surface area contributed by atoms with Crippen LogP contribution in [0.15, 0.2) is 10.6 Å². The van der Waals surface area contributed by atoms with Crippen molar-refractivity contribution in [3.63, 3.8) is 0 Å². The van der Waals surface area contributed by atoms with Crippen LogP contribution in [0.4, 0.5) is 0 Å². The first-order valence-electron chi connectivity index (χ1n) is 6.78. The topological polar surface area (TPSA) is 47.3 Å². The van der Waals surface area contributed by atoms with Gasteiger partial charge < -0.3 is 14.5 Å². The highest BCUT2D eigenvalue weighted by Gasteiger charge is 2.37. The molecule has 1 aliphatic rings. The van der Waals surface area contributed by atoms with E-state index in [0.717, 1.165) is 18.2 Å². The summed E-state index contributed by atoms with van der Waals surface area (Å²) >= 11 is 0. The van der Waals surface area contributed by atoms with E-state index < -0.39 is 0 Å². The zero-order chi connectivity index (χ0) is 13.0. The Bertz CT molecular complexity index is 374. The summed E-state index contributed by atoms with van der Waals surface area (Å²) in [7, 11) is 1.70. The Labute approximate surface area is 109 Å². The average molecular weight is 252 g/mol. The molecule has 0 amide bonds. The normalized spacial score (nSPS) is 22.5. The fourth-order valence-electron chi connectivity index (χ4n) is 2.79. The van der Waals surface area contributed by atoms with E-state index in [9.17, 15) is 0 Å². The molecular formula is C14H24N2O2. The Balaban J connectivity index is 1.90.